The van der Waals surface area contributed by atoms with Crippen LogP contribution in [-0.2, 0) is 11.3 Å². The molecule has 1 rings (SSSR count). The first kappa shape index (κ1) is 15.2. The lowest BCUT2D eigenvalue weighted by molar-refractivity contribution is -0.142. The Kier molecular flexibility index (Phi) is 4.72. The van der Waals surface area contributed by atoms with Crippen LogP contribution in [0.4, 0.5) is 9.18 Å². The number of carboxylic acid groups (broad SMARTS) is 1. The molecule has 104 valence electrons. The molecule has 0 aliphatic rings. The van der Waals surface area contributed by atoms with Crippen LogP contribution >= 0.6 is 11.6 Å². The number of carbonyl (C=O) groups excluding carboxylic acids is 1. The van der Waals surface area contributed by atoms with Gasteiger partial charge in [0.05, 0.1) is 0 Å². The first-order valence-electron chi connectivity index (χ1n) is 5.46. The molecule has 0 spiro atoms. The molecule has 3 N–H and O–H groups in total. The van der Waals surface area contributed by atoms with E-state index in [9.17, 15) is 14.0 Å². The molecule has 7 heteroatoms. The van der Waals surface area contributed by atoms with E-state index >= 15 is 0 Å². The highest BCUT2D eigenvalue weighted by atomic mass is 35.5. The Morgan fingerprint density at radius 3 is 2.58 bits per heavy atom. The average molecular weight is 289 g/mol. The summed E-state index contributed by atoms with van der Waals surface area (Å²) in [6.45, 7) is 2.54. The van der Waals surface area contributed by atoms with E-state index in [1.54, 1.807) is 0 Å². The minimum atomic E-state index is -1.41. The van der Waals surface area contributed by atoms with Gasteiger partial charge >= 0.3 is 12.0 Å². The highest BCUT2D eigenvalue weighted by Crippen LogP contribution is 2.18. The van der Waals surface area contributed by atoms with Crippen molar-refractivity contribution in [3.8, 4) is 0 Å². The molecule has 0 saturated carbocycles. The van der Waals surface area contributed by atoms with Gasteiger partial charge in [0.1, 0.15) is 11.4 Å². The van der Waals surface area contributed by atoms with Crippen molar-refractivity contribution in [2.24, 2.45) is 0 Å². The van der Waals surface area contributed by atoms with Crippen molar-refractivity contribution >= 4 is 23.6 Å². The number of aliphatic carboxylic acids is 1. The summed E-state index contributed by atoms with van der Waals surface area (Å²) in [5.41, 5.74) is -1.27. The molecule has 0 atom stereocenters. The fraction of sp³-hybridized carbons (Fsp3) is 0.333. The minimum absolute atomic E-state index is 0.132. The number of rotatable bonds is 4. The van der Waals surface area contributed by atoms with E-state index in [1.807, 2.05) is 0 Å². The predicted octanol–water partition coefficient (Wildman–Crippen LogP) is 2.14. The maximum atomic E-state index is 13.4. The molecule has 0 aliphatic carbocycles. The van der Waals surface area contributed by atoms with Crippen LogP contribution in [0.3, 0.4) is 0 Å². The summed E-state index contributed by atoms with van der Waals surface area (Å²) in [6.07, 6.45) is 0. The van der Waals surface area contributed by atoms with Gasteiger partial charge in [-0.25, -0.2) is 14.0 Å². The zero-order valence-corrected chi connectivity index (χ0v) is 11.2. The third-order valence-corrected chi connectivity index (χ3v) is 2.80. The Morgan fingerprint density at radius 1 is 1.42 bits per heavy atom. The second-order valence-electron chi connectivity index (χ2n) is 4.44. The lowest BCUT2D eigenvalue weighted by Gasteiger charge is -2.21. The zero-order valence-electron chi connectivity index (χ0n) is 10.5. The van der Waals surface area contributed by atoms with Crippen LogP contribution in [0.1, 0.15) is 19.4 Å². The van der Waals surface area contributed by atoms with E-state index in [4.69, 9.17) is 16.7 Å². The van der Waals surface area contributed by atoms with Crippen LogP contribution in [0.15, 0.2) is 18.2 Å². The summed E-state index contributed by atoms with van der Waals surface area (Å²) < 4.78 is 13.4. The summed E-state index contributed by atoms with van der Waals surface area (Å²) in [4.78, 5) is 22.3. The highest BCUT2D eigenvalue weighted by Gasteiger charge is 2.28. The van der Waals surface area contributed by atoms with Crippen molar-refractivity contribution in [2.75, 3.05) is 0 Å². The lowest BCUT2D eigenvalue weighted by Crippen LogP contribution is -2.53. The number of carbonyl (C=O) groups is 2. The van der Waals surface area contributed by atoms with Gasteiger partial charge in [-0.05, 0) is 26.0 Å². The van der Waals surface area contributed by atoms with Crippen LogP contribution in [0, 0.1) is 5.82 Å². The van der Waals surface area contributed by atoms with Gasteiger partial charge < -0.3 is 15.7 Å². The van der Waals surface area contributed by atoms with Crippen molar-refractivity contribution in [1.29, 1.82) is 0 Å². The summed E-state index contributed by atoms with van der Waals surface area (Å²) in [6, 6.07) is 3.46. The Morgan fingerprint density at radius 2 is 2.05 bits per heavy atom. The van der Waals surface area contributed by atoms with Crippen molar-refractivity contribution in [3.63, 3.8) is 0 Å². The molecular weight excluding hydrogens is 275 g/mol. The molecule has 0 heterocycles. The van der Waals surface area contributed by atoms with Crippen LogP contribution in [0.5, 0.6) is 0 Å². The number of halogens is 2. The number of carboxylic acids is 1. The molecule has 0 unspecified atom stereocenters. The van der Waals surface area contributed by atoms with E-state index in [0.717, 1.165) is 0 Å². The number of nitrogens with one attached hydrogen (secondary N) is 2. The van der Waals surface area contributed by atoms with E-state index in [0.29, 0.717) is 0 Å². The zero-order chi connectivity index (χ0) is 14.6. The molecule has 0 bridgehead atoms. The SMILES string of the molecule is CC(C)(NC(=O)NCc1c(F)cccc1Cl)C(=O)O. The summed E-state index contributed by atoms with van der Waals surface area (Å²) in [5, 5.41) is 13.6. The Balaban J connectivity index is 2.63. The summed E-state index contributed by atoms with van der Waals surface area (Å²) in [5.74, 6) is -1.71. The lowest BCUT2D eigenvalue weighted by atomic mass is 10.1. The Bertz CT molecular complexity index is 485. The molecule has 1 aromatic carbocycles. The van der Waals surface area contributed by atoms with Crippen molar-refractivity contribution < 1.29 is 19.1 Å². The Labute approximate surface area is 114 Å². The second-order valence-corrected chi connectivity index (χ2v) is 4.85. The van der Waals surface area contributed by atoms with Gasteiger partial charge in [0, 0.05) is 17.1 Å². The van der Waals surface area contributed by atoms with Crippen molar-refractivity contribution in [2.45, 2.75) is 25.9 Å². The number of amides is 2. The monoisotopic (exact) mass is 288 g/mol. The van der Waals surface area contributed by atoms with Gasteiger partial charge in [-0.3, -0.25) is 0 Å². The van der Waals surface area contributed by atoms with Gasteiger partial charge in [0.25, 0.3) is 0 Å². The van der Waals surface area contributed by atoms with Crippen molar-refractivity contribution in [1.82, 2.24) is 10.6 Å². The number of hydrogen-bond acceptors (Lipinski definition) is 2. The minimum Gasteiger partial charge on any atom is -0.480 e. The molecule has 0 aromatic heterocycles. The number of benzene rings is 1. The standard InChI is InChI=1S/C12H14ClFN2O3/c1-12(2,10(17)18)16-11(19)15-6-7-8(13)4-3-5-9(7)14/h3-5H,6H2,1-2H3,(H,17,18)(H2,15,16,19). The van der Waals surface area contributed by atoms with Gasteiger partial charge in [0.15, 0.2) is 0 Å². The second kappa shape index (κ2) is 5.88. The smallest absolute Gasteiger partial charge is 0.328 e. The molecule has 0 saturated heterocycles. The predicted molar refractivity (Wildman–Crippen MR) is 68.5 cm³/mol. The maximum absolute atomic E-state index is 13.4. The summed E-state index contributed by atoms with van der Waals surface area (Å²) >= 11 is 5.79. The van der Waals surface area contributed by atoms with Crippen LogP contribution in [-0.4, -0.2) is 22.6 Å². The van der Waals surface area contributed by atoms with Gasteiger partial charge in [-0.1, -0.05) is 17.7 Å². The molecule has 0 fully saturated rings. The molecule has 0 radical (unpaired) electrons. The number of hydrogen-bond donors (Lipinski definition) is 3. The fourth-order valence-corrected chi connectivity index (χ4v) is 1.48. The van der Waals surface area contributed by atoms with E-state index < -0.39 is 23.4 Å². The molecule has 19 heavy (non-hydrogen) atoms. The third-order valence-electron chi connectivity index (χ3n) is 2.45. The van der Waals surface area contributed by atoms with E-state index in [1.165, 1.54) is 32.0 Å². The van der Waals surface area contributed by atoms with E-state index in [2.05, 4.69) is 10.6 Å². The summed E-state index contributed by atoms with van der Waals surface area (Å²) in [7, 11) is 0. The fourth-order valence-electron chi connectivity index (χ4n) is 1.25. The maximum Gasteiger partial charge on any atom is 0.328 e. The third kappa shape index (κ3) is 4.10. The molecular formula is C12H14ClFN2O3. The molecule has 0 aliphatic heterocycles. The normalized spacial score (nSPS) is 10.9. The average Bonchev–Trinajstić information content (AvgIpc) is 2.27. The van der Waals surface area contributed by atoms with Crippen LogP contribution < -0.4 is 10.6 Å². The quantitative estimate of drug-likeness (QED) is 0.794. The first-order valence-corrected chi connectivity index (χ1v) is 5.84. The van der Waals surface area contributed by atoms with Gasteiger partial charge in [-0.15, -0.1) is 0 Å². The van der Waals surface area contributed by atoms with Crippen LogP contribution in [0.2, 0.25) is 5.02 Å². The first-order chi connectivity index (χ1) is 8.74. The van der Waals surface area contributed by atoms with Gasteiger partial charge in [0.2, 0.25) is 0 Å². The Hall–Kier alpha value is -1.82. The molecule has 1 aromatic rings. The van der Waals surface area contributed by atoms with Crippen LogP contribution in [0.25, 0.3) is 0 Å². The number of urea groups is 1. The highest BCUT2D eigenvalue weighted by molar-refractivity contribution is 6.31. The van der Waals surface area contributed by atoms with Crippen molar-refractivity contribution in [3.05, 3.63) is 34.6 Å². The largest absolute Gasteiger partial charge is 0.480 e. The molecule has 5 nitrogen and oxygen atoms in total. The van der Waals surface area contributed by atoms with Gasteiger partial charge in [-0.2, -0.15) is 0 Å². The molecule has 2 amide bonds. The topological polar surface area (TPSA) is 78.4 Å². The van der Waals surface area contributed by atoms with E-state index in [-0.39, 0.29) is 17.1 Å².